The standard InChI is InChI=1S/C14H18B/c1-10-8-11-6-7-15-14-5-3-2-4-12(14)13(11)9-10/h9H,2-8H2,1H3. The Balaban J connectivity index is 2.05. The molecule has 0 aromatic rings. The monoisotopic (exact) mass is 197 g/mol. The van der Waals surface area contributed by atoms with E-state index in [2.05, 4.69) is 20.3 Å². The van der Waals surface area contributed by atoms with Gasteiger partial charge in [-0.15, -0.1) is 5.47 Å². The molecule has 0 spiro atoms. The maximum absolute atomic E-state index is 2.51. The highest BCUT2D eigenvalue weighted by Crippen LogP contribution is 2.41. The zero-order valence-corrected chi connectivity index (χ0v) is 9.60. The molecule has 0 atom stereocenters. The van der Waals surface area contributed by atoms with Gasteiger partial charge < -0.3 is 0 Å². The van der Waals surface area contributed by atoms with Crippen LogP contribution in [0.15, 0.2) is 33.8 Å². The number of hydrogen-bond donors (Lipinski definition) is 0. The molecule has 0 aromatic carbocycles. The van der Waals surface area contributed by atoms with Gasteiger partial charge in [0.05, 0.1) is 0 Å². The van der Waals surface area contributed by atoms with Gasteiger partial charge in [-0.05, 0) is 44.6 Å². The fourth-order valence-electron chi connectivity index (χ4n) is 3.24. The Labute approximate surface area is 93.4 Å². The van der Waals surface area contributed by atoms with E-state index in [0.29, 0.717) is 0 Å². The minimum Gasteiger partial charge on any atom is -0.105 e. The van der Waals surface area contributed by atoms with Gasteiger partial charge in [0.25, 0.3) is 0 Å². The summed E-state index contributed by atoms with van der Waals surface area (Å²) in [6.07, 6.45) is 11.7. The summed E-state index contributed by atoms with van der Waals surface area (Å²) in [5.74, 6) is 0. The van der Waals surface area contributed by atoms with Crippen molar-refractivity contribution < 1.29 is 0 Å². The number of allylic oxidation sites excluding steroid dienone is 6. The summed E-state index contributed by atoms with van der Waals surface area (Å²) in [5, 5.41) is 0. The molecule has 0 nitrogen and oxygen atoms in total. The largest absolute Gasteiger partial charge is 0.146 e. The van der Waals surface area contributed by atoms with E-state index in [1.54, 1.807) is 27.8 Å². The molecule has 0 saturated heterocycles. The smallest absolute Gasteiger partial charge is 0.105 e. The fourth-order valence-corrected chi connectivity index (χ4v) is 3.24. The first-order chi connectivity index (χ1) is 7.34. The molecule has 1 heteroatoms. The van der Waals surface area contributed by atoms with Crippen molar-refractivity contribution in [3.05, 3.63) is 33.8 Å². The van der Waals surface area contributed by atoms with E-state index >= 15 is 0 Å². The quantitative estimate of drug-likeness (QED) is 0.515. The van der Waals surface area contributed by atoms with E-state index in [9.17, 15) is 0 Å². The molecular weight excluding hydrogens is 179 g/mol. The molecule has 3 aliphatic rings. The summed E-state index contributed by atoms with van der Waals surface area (Å²) >= 11 is 0. The van der Waals surface area contributed by atoms with Gasteiger partial charge >= 0.3 is 0 Å². The van der Waals surface area contributed by atoms with Gasteiger partial charge in [-0.1, -0.05) is 35.5 Å². The summed E-state index contributed by atoms with van der Waals surface area (Å²) in [5.41, 5.74) is 8.30. The van der Waals surface area contributed by atoms with Crippen LogP contribution >= 0.6 is 0 Å². The molecule has 2 aliphatic carbocycles. The Hall–Kier alpha value is -0.715. The first kappa shape index (κ1) is 9.51. The molecule has 0 fully saturated rings. The van der Waals surface area contributed by atoms with Crippen molar-refractivity contribution in [2.75, 3.05) is 0 Å². The van der Waals surface area contributed by atoms with Crippen LogP contribution in [-0.2, 0) is 0 Å². The number of rotatable bonds is 0. The van der Waals surface area contributed by atoms with Gasteiger partial charge in [-0.25, -0.2) is 0 Å². The maximum Gasteiger partial charge on any atom is 0.146 e. The summed E-state index contributed by atoms with van der Waals surface area (Å²) in [4.78, 5) is 0. The number of fused-ring (bicyclic) bond motifs is 1. The highest BCUT2D eigenvalue weighted by atomic mass is 14.2. The topological polar surface area (TPSA) is 0 Å². The van der Waals surface area contributed by atoms with Gasteiger partial charge in [0.1, 0.15) is 7.28 Å². The van der Waals surface area contributed by atoms with E-state index in [4.69, 9.17) is 0 Å². The second kappa shape index (κ2) is 3.70. The minimum atomic E-state index is 1.25. The lowest BCUT2D eigenvalue weighted by Gasteiger charge is -2.19. The van der Waals surface area contributed by atoms with Crippen molar-refractivity contribution in [2.45, 2.75) is 51.8 Å². The van der Waals surface area contributed by atoms with Crippen molar-refractivity contribution in [3.63, 3.8) is 0 Å². The molecule has 3 rings (SSSR count). The van der Waals surface area contributed by atoms with Gasteiger partial charge in [-0.3, -0.25) is 0 Å². The molecule has 1 heterocycles. The van der Waals surface area contributed by atoms with Crippen molar-refractivity contribution in [2.24, 2.45) is 0 Å². The lowest BCUT2D eigenvalue weighted by atomic mass is 9.61. The molecule has 0 aromatic heterocycles. The average molecular weight is 197 g/mol. The zero-order valence-electron chi connectivity index (χ0n) is 9.60. The molecule has 0 unspecified atom stereocenters. The third-order valence-corrected chi connectivity index (χ3v) is 3.94. The Kier molecular flexibility index (Phi) is 2.34. The number of hydrogen-bond acceptors (Lipinski definition) is 0. The Morgan fingerprint density at radius 2 is 2.00 bits per heavy atom. The molecule has 0 amide bonds. The predicted molar refractivity (Wildman–Crippen MR) is 66.1 cm³/mol. The molecule has 77 valence electrons. The van der Waals surface area contributed by atoms with Crippen LogP contribution < -0.4 is 0 Å². The van der Waals surface area contributed by atoms with Crippen molar-refractivity contribution in [3.8, 4) is 0 Å². The first-order valence-corrected chi connectivity index (χ1v) is 6.29. The van der Waals surface area contributed by atoms with E-state index in [0.717, 1.165) is 0 Å². The van der Waals surface area contributed by atoms with Crippen LogP contribution in [0.5, 0.6) is 0 Å². The highest BCUT2D eigenvalue weighted by molar-refractivity contribution is 6.46. The van der Waals surface area contributed by atoms with Crippen LogP contribution in [-0.4, -0.2) is 7.28 Å². The van der Waals surface area contributed by atoms with Crippen molar-refractivity contribution in [1.29, 1.82) is 0 Å². The SMILES string of the molecule is CC1=CC2=C(CC[B]C3=C2CCCC3)C1. The maximum atomic E-state index is 2.51. The Morgan fingerprint density at radius 3 is 2.93 bits per heavy atom. The van der Waals surface area contributed by atoms with E-state index in [-0.39, 0.29) is 0 Å². The molecule has 0 saturated carbocycles. The molecule has 1 aliphatic heterocycles. The predicted octanol–water partition coefficient (Wildman–Crippen LogP) is 3.99. The fraction of sp³-hybridized carbons (Fsp3) is 0.571. The van der Waals surface area contributed by atoms with E-state index in [1.807, 2.05) is 0 Å². The normalized spacial score (nSPS) is 25.5. The lowest BCUT2D eigenvalue weighted by Crippen LogP contribution is -2.05. The van der Waals surface area contributed by atoms with Crippen LogP contribution in [0.3, 0.4) is 0 Å². The highest BCUT2D eigenvalue weighted by Gasteiger charge is 2.23. The van der Waals surface area contributed by atoms with Gasteiger partial charge in [0.15, 0.2) is 0 Å². The van der Waals surface area contributed by atoms with Crippen LogP contribution in [0, 0.1) is 0 Å². The summed E-state index contributed by atoms with van der Waals surface area (Å²) in [6.45, 7) is 2.28. The Morgan fingerprint density at radius 1 is 1.13 bits per heavy atom. The Bertz CT molecular complexity index is 382. The van der Waals surface area contributed by atoms with Crippen LogP contribution in [0.2, 0.25) is 6.32 Å². The van der Waals surface area contributed by atoms with Crippen LogP contribution in [0.4, 0.5) is 0 Å². The van der Waals surface area contributed by atoms with Gasteiger partial charge in [-0.2, -0.15) is 0 Å². The summed E-state index contributed by atoms with van der Waals surface area (Å²) < 4.78 is 0. The molecule has 0 bridgehead atoms. The van der Waals surface area contributed by atoms with Gasteiger partial charge in [0.2, 0.25) is 0 Å². The molecule has 0 N–H and O–H groups in total. The lowest BCUT2D eigenvalue weighted by molar-refractivity contribution is 0.698. The minimum absolute atomic E-state index is 1.25. The van der Waals surface area contributed by atoms with E-state index in [1.165, 1.54) is 44.8 Å². The summed E-state index contributed by atoms with van der Waals surface area (Å²) in [6, 6.07) is 0. The third kappa shape index (κ3) is 1.62. The van der Waals surface area contributed by atoms with E-state index < -0.39 is 0 Å². The summed E-state index contributed by atoms with van der Waals surface area (Å²) in [7, 11) is 2.51. The van der Waals surface area contributed by atoms with Gasteiger partial charge in [0, 0.05) is 0 Å². The van der Waals surface area contributed by atoms with Crippen LogP contribution in [0.25, 0.3) is 0 Å². The average Bonchev–Trinajstić information content (AvgIpc) is 2.52. The molecule has 15 heavy (non-hydrogen) atoms. The third-order valence-electron chi connectivity index (χ3n) is 3.94. The second-order valence-corrected chi connectivity index (χ2v) is 5.14. The second-order valence-electron chi connectivity index (χ2n) is 5.14. The van der Waals surface area contributed by atoms with Crippen molar-refractivity contribution in [1.82, 2.24) is 0 Å². The molecular formula is C14H18B. The van der Waals surface area contributed by atoms with Crippen molar-refractivity contribution >= 4 is 7.28 Å². The van der Waals surface area contributed by atoms with Crippen LogP contribution in [0.1, 0.15) is 45.4 Å². The first-order valence-electron chi connectivity index (χ1n) is 6.29. The zero-order chi connectivity index (χ0) is 10.3. The molecule has 1 radical (unpaired) electrons.